The molecule has 0 aliphatic rings. The summed E-state index contributed by atoms with van der Waals surface area (Å²) >= 11 is 0. The highest BCUT2D eigenvalue weighted by Crippen LogP contribution is 2.17. The molecule has 1 aromatic carbocycles. The van der Waals surface area contributed by atoms with Gasteiger partial charge < -0.3 is 10.6 Å². The number of likely N-dealkylation sites (N-methyl/N-ethyl adjacent to an activating group) is 1. The van der Waals surface area contributed by atoms with Crippen LogP contribution < -0.4 is 10.6 Å². The summed E-state index contributed by atoms with van der Waals surface area (Å²) in [6, 6.07) is 9.29. The third-order valence-corrected chi connectivity index (χ3v) is 4.88. The molecule has 0 saturated heterocycles. The third-order valence-electron chi connectivity index (χ3n) is 4.88. The first-order chi connectivity index (χ1) is 12.1. The van der Waals surface area contributed by atoms with Crippen LogP contribution in [0, 0.1) is 17.2 Å². The van der Waals surface area contributed by atoms with E-state index in [0.717, 1.165) is 17.7 Å². The van der Waals surface area contributed by atoms with Crippen molar-refractivity contribution < 1.29 is 9.59 Å². The van der Waals surface area contributed by atoms with Gasteiger partial charge in [-0.3, -0.25) is 14.5 Å². The standard InChI is InChI=1S/C20H30N4O2/c1-7-16-10-8-9-11-17(16)22-18(25)12-24(6)15(4)19(26)23-20(5,13-21)14(2)3/h8-11,14-15H,7,12H2,1-6H3,(H,22,25)(H,23,26). The molecule has 2 unspecified atom stereocenters. The van der Waals surface area contributed by atoms with Crippen LogP contribution in [0.2, 0.25) is 0 Å². The van der Waals surface area contributed by atoms with E-state index in [1.807, 2.05) is 45.0 Å². The Labute approximate surface area is 156 Å². The Bertz CT molecular complexity index is 681. The van der Waals surface area contributed by atoms with E-state index in [4.69, 9.17) is 0 Å². The van der Waals surface area contributed by atoms with E-state index < -0.39 is 11.6 Å². The van der Waals surface area contributed by atoms with Gasteiger partial charge in [0, 0.05) is 5.69 Å². The van der Waals surface area contributed by atoms with Crippen molar-refractivity contribution in [1.82, 2.24) is 10.2 Å². The van der Waals surface area contributed by atoms with Gasteiger partial charge >= 0.3 is 0 Å². The zero-order chi connectivity index (χ0) is 19.9. The van der Waals surface area contributed by atoms with Gasteiger partial charge in [-0.25, -0.2) is 0 Å². The Balaban J connectivity index is 2.68. The first kappa shape index (κ1) is 21.7. The van der Waals surface area contributed by atoms with E-state index in [1.165, 1.54) is 0 Å². The second kappa shape index (κ2) is 9.35. The predicted molar refractivity (Wildman–Crippen MR) is 104 cm³/mol. The van der Waals surface area contributed by atoms with E-state index in [9.17, 15) is 14.9 Å². The number of anilines is 1. The lowest BCUT2D eigenvalue weighted by molar-refractivity contribution is -0.128. The highest BCUT2D eigenvalue weighted by Gasteiger charge is 2.32. The maximum atomic E-state index is 12.5. The number of nitrogens with one attached hydrogen (secondary N) is 2. The summed E-state index contributed by atoms with van der Waals surface area (Å²) in [7, 11) is 1.72. The van der Waals surface area contributed by atoms with E-state index >= 15 is 0 Å². The summed E-state index contributed by atoms with van der Waals surface area (Å²) in [5.41, 5.74) is 0.924. The summed E-state index contributed by atoms with van der Waals surface area (Å²) in [4.78, 5) is 26.5. The van der Waals surface area contributed by atoms with Gasteiger partial charge in [0.15, 0.2) is 0 Å². The summed E-state index contributed by atoms with van der Waals surface area (Å²) in [6.07, 6.45) is 0.826. The molecule has 26 heavy (non-hydrogen) atoms. The van der Waals surface area contributed by atoms with Gasteiger partial charge in [-0.2, -0.15) is 5.26 Å². The van der Waals surface area contributed by atoms with Crippen LogP contribution in [0.3, 0.4) is 0 Å². The van der Waals surface area contributed by atoms with Crippen molar-refractivity contribution in [3.05, 3.63) is 29.8 Å². The SMILES string of the molecule is CCc1ccccc1NC(=O)CN(C)C(C)C(=O)NC(C)(C#N)C(C)C. The zero-order valence-corrected chi connectivity index (χ0v) is 16.6. The molecule has 0 aliphatic carbocycles. The number of hydrogen-bond acceptors (Lipinski definition) is 4. The van der Waals surface area contributed by atoms with Crippen LogP contribution >= 0.6 is 0 Å². The van der Waals surface area contributed by atoms with Gasteiger partial charge in [-0.1, -0.05) is 39.0 Å². The van der Waals surface area contributed by atoms with E-state index in [0.29, 0.717) is 0 Å². The molecule has 1 aromatic rings. The van der Waals surface area contributed by atoms with Crippen molar-refractivity contribution in [3.8, 4) is 6.07 Å². The van der Waals surface area contributed by atoms with Crippen LogP contribution in [0.15, 0.2) is 24.3 Å². The average Bonchev–Trinajstić information content (AvgIpc) is 2.60. The van der Waals surface area contributed by atoms with Crippen LogP contribution in [-0.2, 0) is 16.0 Å². The lowest BCUT2D eigenvalue weighted by Crippen LogP contribution is -2.55. The molecule has 2 atom stereocenters. The van der Waals surface area contributed by atoms with Crippen LogP contribution in [0.5, 0.6) is 0 Å². The molecule has 0 saturated carbocycles. The molecule has 6 heteroatoms. The number of carbonyl (C=O) groups is 2. The molecule has 1 rings (SSSR count). The van der Waals surface area contributed by atoms with E-state index in [2.05, 4.69) is 16.7 Å². The van der Waals surface area contributed by atoms with Crippen molar-refractivity contribution in [3.63, 3.8) is 0 Å². The average molecular weight is 358 g/mol. The van der Waals surface area contributed by atoms with Crippen molar-refractivity contribution in [2.24, 2.45) is 5.92 Å². The van der Waals surface area contributed by atoms with Gasteiger partial charge in [-0.15, -0.1) is 0 Å². The molecule has 0 aromatic heterocycles. The Morgan fingerprint density at radius 1 is 1.27 bits per heavy atom. The molecule has 2 N–H and O–H groups in total. The Hall–Kier alpha value is -2.39. The first-order valence-corrected chi connectivity index (χ1v) is 8.95. The summed E-state index contributed by atoms with van der Waals surface area (Å²) in [5.74, 6) is -0.477. The number of benzene rings is 1. The fraction of sp³-hybridized carbons (Fsp3) is 0.550. The molecule has 0 spiro atoms. The maximum Gasteiger partial charge on any atom is 0.238 e. The number of carbonyl (C=O) groups excluding carboxylic acids is 2. The van der Waals surface area contributed by atoms with E-state index in [-0.39, 0.29) is 24.3 Å². The number of para-hydroxylation sites is 1. The number of aryl methyl sites for hydroxylation is 1. The number of rotatable bonds is 8. The molecule has 2 amide bonds. The van der Waals surface area contributed by atoms with Gasteiger partial charge in [0.2, 0.25) is 11.8 Å². The van der Waals surface area contributed by atoms with Crippen LogP contribution in [0.4, 0.5) is 5.69 Å². The van der Waals surface area contributed by atoms with Gasteiger partial charge in [-0.05, 0) is 44.9 Å². The number of hydrogen-bond donors (Lipinski definition) is 2. The molecule has 0 aliphatic heterocycles. The summed E-state index contributed by atoms with van der Waals surface area (Å²) in [6.45, 7) is 9.31. The van der Waals surface area contributed by atoms with E-state index in [1.54, 1.807) is 25.8 Å². The second-order valence-corrected chi connectivity index (χ2v) is 7.11. The largest absolute Gasteiger partial charge is 0.336 e. The minimum Gasteiger partial charge on any atom is -0.336 e. The molecule has 6 nitrogen and oxygen atoms in total. The molecule has 142 valence electrons. The smallest absolute Gasteiger partial charge is 0.238 e. The lowest BCUT2D eigenvalue weighted by Gasteiger charge is -2.31. The minimum atomic E-state index is -0.936. The zero-order valence-electron chi connectivity index (χ0n) is 16.6. The molecular formula is C20H30N4O2. The normalized spacial score (nSPS) is 14.4. The number of nitrogens with zero attached hydrogens (tertiary/aromatic N) is 2. The van der Waals surface area contributed by atoms with Crippen molar-refractivity contribution in [1.29, 1.82) is 5.26 Å². The lowest BCUT2D eigenvalue weighted by atomic mass is 9.90. The fourth-order valence-corrected chi connectivity index (χ4v) is 2.37. The highest BCUT2D eigenvalue weighted by atomic mass is 16.2. The fourth-order valence-electron chi connectivity index (χ4n) is 2.37. The van der Waals surface area contributed by atoms with Crippen molar-refractivity contribution in [2.45, 2.75) is 52.6 Å². The van der Waals surface area contributed by atoms with Crippen molar-refractivity contribution in [2.75, 3.05) is 18.9 Å². The third kappa shape index (κ3) is 5.57. The highest BCUT2D eigenvalue weighted by molar-refractivity contribution is 5.93. The molecule has 0 bridgehead atoms. The van der Waals surface area contributed by atoms with Gasteiger partial charge in [0.25, 0.3) is 0 Å². The van der Waals surface area contributed by atoms with Crippen LogP contribution in [0.1, 0.15) is 40.2 Å². The molecular weight excluding hydrogens is 328 g/mol. The topological polar surface area (TPSA) is 85.2 Å². The Kier molecular flexibility index (Phi) is 7.78. The van der Waals surface area contributed by atoms with Crippen molar-refractivity contribution >= 4 is 17.5 Å². The van der Waals surface area contributed by atoms with Crippen LogP contribution in [0.25, 0.3) is 0 Å². The minimum absolute atomic E-state index is 0.0252. The Morgan fingerprint density at radius 3 is 2.42 bits per heavy atom. The second-order valence-electron chi connectivity index (χ2n) is 7.11. The Morgan fingerprint density at radius 2 is 1.88 bits per heavy atom. The summed E-state index contributed by atoms with van der Waals surface area (Å²) < 4.78 is 0. The number of nitriles is 1. The molecule has 0 heterocycles. The molecule has 0 radical (unpaired) electrons. The first-order valence-electron chi connectivity index (χ1n) is 8.95. The van der Waals surface area contributed by atoms with Gasteiger partial charge in [0.05, 0.1) is 18.7 Å². The quantitative estimate of drug-likeness (QED) is 0.748. The van der Waals surface area contributed by atoms with Gasteiger partial charge in [0.1, 0.15) is 5.54 Å². The number of amides is 2. The monoisotopic (exact) mass is 358 g/mol. The maximum absolute atomic E-state index is 12.5. The molecule has 0 fully saturated rings. The predicted octanol–water partition coefficient (Wildman–Crippen LogP) is 2.56. The summed E-state index contributed by atoms with van der Waals surface area (Å²) in [5, 5.41) is 15.0. The van der Waals surface area contributed by atoms with Crippen LogP contribution in [-0.4, -0.2) is 41.9 Å².